The molecule has 0 saturated carbocycles. The fourth-order valence-corrected chi connectivity index (χ4v) is 2.94. The van der Waals surface area contributed by atoms with E-state index in [1.54, 1.807) is 64.1 Å². The van der Waals surface area contributed by atoms with Crippen LogP contribution in [0.15, 0.2) is 64.5 Å². The van der Waals surface area contributed by atoms with E-state index in [1.807, 2.05) is 18.2 Å². The first kappa shape index (κ1) is 21.6. The minimum Gasteiger partial charge on any atom is -0.443 e. The maximum atomic E-state index is 13.3. The third kappa shape index (κ3) is 5.08. The number of H-pyrrole nitrogens is 1. The summed E-state index contributed by atoms with van der Waals surface area (Å²) in [7, 11) is 0. The molecule has 0 radical (unpaired) electrons. The highest BCUT2D eigenvalue weighted by atomic mass is 16.6. The summed E-state index contributed by atoms with van der Waals surface area (Å²) in [5.74, 6) is 0. The van der Waals surface area contributed by atoms with Crippen molar-refractivity contribution in [3.8, 4) is 23.0 Å². The molecule has 0 aliphatic rings. The predicted molar refractivity (Wildman–Crippen MR) is 118 cm³/mol. The Balaban J connectivity index is 2.07. The highest BCUT2D eigenvalue weighted by Crippen LogP contribution is 2.22. The van der Waals surface area contributed by atoms with Gasteiger partial charge in [0.1, 0.15) is 5.60 Å². The quantitative estimate of drug-likeness (QED) is 0.494. The predicted octanol–water partition coefficient (Wildman–Crippen LogP) is 3.95. The van der Waals surface area contributed by atoms with Crippen LogP contribution in [0.2, 0.25) is 0 Å². The van der Waals surface area contributed by atoms with Gasteiger partial charge in [0.15, 0.2) is 0 Å². The molecule has 2 N–H and O–H groups in total. The second-order valence-corrected chi connectivity index (χ2v) is 7.84. The topological polar surface area (TPSA) is 112 Å². The van der Waals surface area contributed by atoms with Crippen LogP contribution in [-0.2, 0) is 4.74 Å². The van der Waals surface area contributed by atoms with Crippen molar-refractivity contribution in [2.45, 2.75) is 33.3 Å². The average Bonchev–Trinajstić information content (AvgIpc) is 3.08. The smallest absolute Gasteiger partial charge is 0.428 e. The Bertz CT molecular complexity index is 1210. The van der Waals surface area contributed by atoms with Gasteiger partial charge in [0.05, 0.1) is 34.3 Å². The summed E-state index contributed by atoms with van der Waals surface area (Å²) >= 11 is 0. The number of aromatic amines is 1. The van der Waals surface area contributed by atoms with Gasteiger partial charge in [0, 0.05) is 5.56 Å². The lowest BCUT2D eigenvalue weighted by Gasteiger charge is -2.18. The summed E-state index contributed by atoms with van der Waals surface area (Å²) in [6, 6.07) is 18.0. The van der Waals surface area contributed by atoms with E-state index >= 15 is 0 Å². The normalized spacial score (nSPS) is 11.6. The fraction of sp³-hybridized carbons (Fsp3) is 0.217. The Morgan fingerprint density at radius 1 is 1.13 bits per heavy atom. The average molecular weight is 417 g/mol. The van der Waals surface area contributed by atoms with E-state index in [2.05, 4.69) is 21.7 Å². The van der Waals surface area contributed by atoms with Crippen LogP contribution in [0.5, 0.6) is 0 Å². The molecule has 3 aromatic rings. The third-order valence-corrected chi connectivity index (χ3v) is 4.28. The lowest BCUT2D eigenvalue weighted by Crippen LogP contribution is -2.30. The summed E-state index contributed by atoms with van der Waals surface area (Å²) in [5, 5.41) is 16.3. The van der Waals surface area contributed by atoms with E-state index in [9.17, 15) is 9.59 Å². The molecule has 1 heterocycles. The Morgan fingerprint density at radius 2 is 1.77 bits per heavy atom. The summed E-state index contributed by atoms with van der Waals surface area (Å²) < 4.78 is 6.60. The van der Waals surface area contributed by atoms with Crippen molar-refractivity contribution < 1.29 is 9.53 Å². The number of hydrogen-bond acceptors (Lipinski definition) is 5. The molecule has 0 bridgehead atoms. The summed E-state index contributed by atoms with van der Waals surface area (Å²) in [6.45, 7) is 6.87. The minimum absolute atomic E-state index is 0.296. The van der Waals surface area contributed by atoms with Gasteiger partial charge in [-0.25, -0.2) is 14.9 Å². The number of nitrogens with zero attached hydrogens (tertiary/aromatic N) is 3. The van der Waals surface area contributed by atoms with Crippen molar-refractivity contribution in [1.82, 2.24) is 15.2 Å². The van der Waals surface area contributed by atoms with Crippen molar-refractivity contribution in [2.24, 2.45) is 5.10 Å². The first-order valence-corrected chi connectivity index (χ1v) is 9.64. The molecule has 0 saturated heterocycles. The molecule has 1 amide bonds. The molecule has 158 valence electrons. The number of rotatable bonds is 4. The van der Waals surface area contributed by atoms with Crippen molar-refractivity contribution >= 4 is 11.8 Å². The Hall–Kier alpha value is -4.12. The molecule has 0 aliphatic heterocycles. The zero-order valence-electron chi connectivity index (χ0n) is 17.8. The molecule has 0 unspecified atom stereocenters. The van der Waals surface area contributed by atoms with Crippen LogP contribution in [0.4, 0.5) is 4.79 Å². The molecule has 1 aromatic heterocycles. The molecule has 8 heteroatoms. The van der Waals surface area contributed by atoms with Crippen LogP contribution in [0.1, 0.15) is 38.8 Å². The molecule has 0 fully saturated rings. The standard InChI is InChI=1S/C23H23N5O3/c1-15(25-26-22(30)31-23(2,3)4)19-20(17-12-10-16(14-24)11-13-17)27-28(21(19)29)18-8-6-5-7-9-18/h5-13,27H,1-4H3,(H,26,30)/b25-15+. The van der Waals surface area contributed by atoms with Gasteiger partial charge in [0.2, 0.25) is 0 Å². The van der Waals surface area contributed by atoms with Crippen LogP contribution in [0.3, 0.4) is 0 Å². The number of hydrogen-bond donors (Lipinski definition) is 2. The van der Waals surface area contributed by atoms with Crippen molar-refractivity contribution in [3.05, 3.63) is 76.1 Å². The number of nitriles is 1. The van der Waals surface area contributed by atoms with Gasteiger partial charge in [-0.3, -0.25) is 9.89 Å². The lowest BCUT2D eigenvalue weighted by molar-refractivity contribution is 0.0529. The number of amides is 1. The summed E-state index contributed by atoms with van der Waals surface area (Å²) in [4.78, 5) is 25.2. The number of benzene rings is 2. The van der Waals surface area contributed by atoms with E-state index in [1.165, 1.54) is 4.68 Å². The third-order valence-electron chi connectivity index (χ3n) is 4.28. The number of carbonyl (C=O) groups excluding carboxylic acids is 1. The molecular formula is C23H23N5O3. The second-order valence-electron chi connectivity index (χ2n) is 7.84. The number of aromatic nitrogens is 2. The van der Waals surface area contributed by atoms with Crippen LogP contribution in [0.25, 0.3) is 16.9 Å². The van der Waals surface area contributed by atoms with E-state index in [0.29, 0.717) is 33.8 Å². The highest BCUT2D eigenvalue weighted by molar-refractivity contribution is 6.03. The molecule has 31 heavy (non-hydrogen) atoms. The molecule has 2 aromatic carbocycles. The van der Waals surface area contributed by atoms with Gasteiger partial charge >= 0.3 is 6.09 Å². The Kier molecular flexibility index (Phi) is 6.07. The Labute approximate surface area is 179 Å². The minimum atomic E-state index is -0.717. The number of para-hydroxylation sites is 1. The van der Waals surface area contributed by atoms with E-state index < -0.39 is 11.7 Å². The number of hydrazone groups is 1. The molecule has 3 rings (SSSR count). The highest BCUT2D eigenvalue weighted by Gasteiger charge is 2.20. The van der Waals surface area contributed by atoms with Gasteiger partial charge < -0.3 is 4.74 Å². The number of ether oxygens (including phenoxy) is 1. The summed E-state index contributed by atoms with van der Waals surface area (Å²) in [6.07, 6.45) is -0.717. The monoisotopic (exact) mass is 417 g/mol. The van der Waals surface area contributed by atoms with Gasteiger partial charge in [-0.15, -0.1) is 0 Å². The van der Waals surface area contributed by atoms with Crippen LogP contribution in [-0.4, -0.2) is 27.2 Å². The van der Waals surface area contributed by atoms with Crippen molar-refractivity contribution in [3.63, 3.8) is 0 Å². The van der Waals surface area contributed by atoms with Crippen LogP contribution in [0, 0.1) is 11.3 Å². The van der Waals surface area contributed by atoms with Gasteiger partial charge in [0.25, 0.3) is 5.56 Å². The van der Waals surface area contributed by atoms with Crippen molar-refractivity contribution in [2.75, 3.05) is 0 Å². The Morgan fingerprint density at radius 3 is 2.35 bits per heavy atom. The number of carbonyl (C=O) groups is 1. The first-order chi connectivity index (χ1) is 14.7. The zero-order chi connectivity index (χ0) is 22.6. The van der Waals surface area contributed by atoms with E-state index in [0.717, 1.165) is 0 Å². The maximum absolute atomic E-state index is 13.3. The molecular weight excluding hydrogens is 394 g/mol. The molecule has 0 spiro atoms. The molecule has 0 aliphatic carbocycles. The lowest BCUT2D eigenvalue weighted by atomic mass is 10.0. The summed E-state index contributed by atoms with van der Waals surface area (Å²) in [5.41, 5.74) is 4.32. The SMILES string of the molecule is C/C(=N\NC(=O)OC(C)(C)C)c1c(-c2ccc(C#N)cc2)[nH]n(-c2ccccc2)c1=O. The van der Waals surface area contributed by atoms with Crippen LogP contribution >= 0.6 is 0 Å². The first-order valence-electron chi connectivity index (χ1n) is 9.64. The van der Waals surface area contributed by atoms with Gasteiger partial charge in [-0.05, 0) is 52.0 Å². The zero-order valence-corrected chi connectivity index (χ0v) is 17.8. The van der Waals surface area contributed by atoms with E-state index in [-0.39, 0.29) is 5.56 Å². The maximum Gasteiger partial charge on any atom is 0.428 e. The second kappa shape index (κ2) is 8.71. The molecule has 0 atom stereocenters. The van der Waals surface area contributed by atoms with Crippen molar-refractivity contribution in [1.29, 1.82) is 5.26 Å². The van der Waals surface area contributed by atoms with Crippen LogP contribution < -0.4 is 11.0 Å². The van der Waals surface area contributed by atoms with Gasteiger partial charge in [-0.1, -0.05) is 30.3 Å². The molecule has 8 nitrogen and oxygen atoms in total. The largest absolute Gasteiger partial charge is 0.443 e. The number of nitrogens with one attached hydrogen (secondary N) is 2. The van der Waals surface area contributed by atoms with Gasteiger partial charge in [-0.2, -0.15) is 10.4 Å². The fourth-order valence-electron chi connectivity index (χ4n) is 2.94. The van der Waals surface area contributed by atoms with E-state index in [4.69, 9.17) is 10.00 Å².